The summed E-state index contributed by atoms with van der Waals surface area (Å²) in [5.41, 5.74) is 2.12. The molecule has 0 saturated heterocycles. The molecule has 0 atom stereocenters. The van der Waals surface area contributed by atoms with E-state index in [4.69, 9.17) is 33.2 Å². The van der Waals surface area contributed by atoms with E-state index in [1.807, 2.05) is 32.9 Å². The molecule has 0 saturated carbocycles. The molecule has 0 fully saturated rings. The summed E-state index contributed by atoms with van der Waals surface area (Å²) in [7, 11) is 3.13. The molecule has 1 aromatic heterocycles. The zero-order valence-corrected chi connectivity index (χ0v) is 30.1. The Hall–Kier alpha value is -4.40. The van der Waals surface area contributed by atoms with E-state index in [1.54, 1.807) is 50.1 Å². The number of aromatic nitrogens is 3. The predicted molar refractivity (Wildman–Crippen MR) is 184 cm³/mol. The number of benzene rings is 2. The van der Waals surface area contributed by atoms with Gasteiger partial charge < -0.3 is 43.8 Å². The molecule has 2 amide bonds. The fourth-order valence-electron chi connectivity index (χ4n) is 4.41. The number of carbonyl (C=O) groups is 2. The summed E-state index contributed by atoms with van der Waals surface area (Å²) in [6.07, 6.45) is -0.470. The molecule has 0 radical (unpaired) electrons. The van der Waals surface area contributed by atoms with Gasteiger partial charge in [-0.25, -0.2) is 9.48 Å². The quantitative estimate of drug-likeness (QED) is 0.172. The van der Waals surface area contributed by atoms with Crippen LogP contribution in [0, 0.1) is 6.92 Å². The highest BCUT2D eigenvalue weighted by Crippen LogP contribution is 2.31. The van der Waals surface area contributed by atoms with Crippen LogP contribution in [-0.2, 0) is 24.4 Å². The Balaban J connectivity index is 1.45. The summed E-state index contributed by atoms with van der Waals surface area (Å²) in [4.78, 5) is 25.0. The molecule has 1 heterocycles. The Kier molecular flexibility index (Phi) is 14.7. The molecule has 14 nitrogen and oxygen atoms in total. The summed E-state index contributed by atoms with van der Waals surface area (Å²) in [6, 6.07) is 11.0. The number of hydrogen-bond acceptors (Lipinski definition) is 11. The van der Waals surface area contributed by atoms with Crippen molar-refractivity contribution in [3.8, 4) is 22.9 Å². The molecule has 0 aliphatic heterocycles. The molecular weight excluding hydrogens is 634 g/mol. The Morgan fingerprint density at radius 3 is 2.06 bits per heavy atom. The number of methoxy groups -OCH3 is 2. The summed E-state index contributed by atoms with van der Waals surface area (Å²) in [5, 5.41) is 14.0. The van der Waals surface area contributed by atoms with Crippen LogP contribution in [0.3, 0.4) is 0 Å². The summed E-state index contributed by atoms with van der Waals surface area (Å²) < 4.78 is 40.2. The number of nitrogens with one attached hydrogen (secondary N) is 2. The van der Waals surface area contributed by atoms with Crippen molar-refractivity contribution in [3.63, 3.8) is 0 Å². The first-order chi connectivity index (χ1) is 23.2. The van der Waals surface area contributed by atoms with Crippen molar-refractivity contribution in [2.45, 2.75) is 59.5 Å². The first-order valence-corrected chi connectivity index (χ1v) is 16.2. The van der Waals surface area contributed by atoms with Gasteiger partial charge in [-0.05, 0) is 62.9 Å². The summed E-state index contributed by atoms with van der Waals surface area (Å²) in [5.74, 6) is 1.37. The van der Waals surface area contributed by atoms with E-state index >= 15 is 0 Å². The van der Waals surface area contributed by atoms with Gasteiger partial charge in [0.15, 0.2) is 5.69 Å². The molecule has 0 spiro atoms. The molecule has 270 valence electrons. The third kappa shape index (κ3) is 12.9. The van der Waals surface area contributed by atoms with E-state index in [0.717, 1.165) is 5.56 Å². The molecule has 2 N–H and O–H groups in total. The minimum Gasteiger partial charge on any atom is -0.497 e. The van der Waals surface area contributed by atoms with Gasteiger partial charge in [-0.1, -0.05) is 26.0 Å². The highest BCUT2D eigenvalue weighted by molar-refractivity contribution is 6.03. The van der Waals surface area contributed by atoms with Crippen LogP contribution >= 0.6 is 0 Å². The van der Waals surface area contributed by atoms with E-state index in [0.29, 0.717) is 87.1 Å². The van der Waals surface area contributed by atoms with Crippen molar-refractivity contribution >= 4 is 17.7 Å². The zero-order valence-electron chi connectivity index (χ0n) is 30.1. The van der Waals surface area contributed by atoms with Crippen LogP contribution in [0.2, 0.25) is 0 Å². The fraction of sp³-hybridized carbons (Fsp3) is 0.543. The molecule has 14 heteroatoms. The number of hydrogen-bond donors (Lipinski definition) is 2. The van der Waals surface area contributed by atoms with Gasteiger partial charge in [0.1, 0.15) is 35.1 Å². The maximum absolute atomic E-state index is 13.4. The second-order valence-corrected chi connectivity index (χ2v) is 13.0. The molecule has 2 aromatic carbocycles. The Bertz CT molecular complexity index is 1510. The lowest BCUT2D eigenvalue weighted by molar-refractivity contribution is 0.00904. The van der Waals surface area contributed by atoms with Gasteiger partial charge in [0.25, 0.3) is 5.91 Å². The van der Waals surface area contributed by atoms with Crippen molar-refractivity contribution in [3.05, 3.63) is 53.3 Å². The maximum Gasteiger partial charge on any atom is 0.407 e. The first kappa shape index (κ1) is 39.0. The van der Waals surface area contributed by atoms with Crippen LogP contribution in [0.1, 0.15) is 63.3 Å². The third-order valence-corrected chi connectivity index (χ3v) is 6.91. The Morgan fingerprint density at radius 2 is 1.45 bits per heavy atom. The largest absolute Gasteiger partial charge is 0.497 e. The highest BCUT2D eigenvalue weighted by atomic mass is 16.6. The van der Waals surface area contributed by atoms with Crippen molar-refractivity contribution in [2.24, 2.45) is 0 Å². The van der Waals surface area contributed by atoms with Gasteiger partial charge in [-0.15, -0.1) is 5.10 Å². The van der Waals surface area contributed by atoms with Crippen LogP contribution in [0.15, 0.2) is 36.4 Å². The number of rotatable bonds is 18. The van der Waals surface area contributed by atoms with Crippen LogP contribution in [0.25, 0.3) is 5.69 Å². The van der Waals surface area contributed by atoms with Gasteiger partial charge in [-0.3, -0.25) is 4.79 Å². The van der Waals surface area contributed by atoms with Crippen molar-refractivity contribution in [1.29, 1.82) is 0 Å². The van der Waals surface area contributed by atoms with Gasteiger partial charge in [0.2, 0.25) is 0 Å². The maximum atomic E-state index is 13.4. The lowest BCUT2D eigenvalue weighted by atomic mass is 9.86. The fourth-order valence-corrected chi connectivity index (χ4v) is 4.41. The minimum atomic E-state index is -0.534. The van der Waals surface area contributed by atoms with Crippen molar-refractivity contribution in [1.82, 2.24) is 20.3 Å². The number of nitrogens with zero attached hydrogens (tertiary/aromatic N) is 3. The van der Waals surface area contributed by atoms with E-state index in [-0.39, 0.29) is 11.1 Å². The second kappa shape index (κ2) is 18.4. The highest BCUT2D eigenvalue weighted by Gasteiger charge is 2.22. The average molecular weight is 686 g/mol. The number of ether oxygens (including phenoxy) is 7. The van der Waals surface area contributed by atoms with Crippen molar-refractivity contribution < 1.29 is 42.7 Å². The van der Waals surface area contributed by atoms with E-state index in [9.17, 15) is 9.59 Å². The zero-order chi connectivity index (χ0) is 36.0. The van der Waals surface area contributed by atoms with Crippen LogP contribution in [-0.4, -0.2) is 99.6 Å². The monoisotopic (exact) mass is 685 g/mol. The number of alkyl carbamates (subject to hydrolysis) is 1. The van der Waals surface area contributed by atoms with E-state index < -0.39 is 17.6 Å². The van der Waals surface area contributed by atoms with Gasteiger partial charge >= 0.3 is 6.09 Å². The van der Waals surface area contributed by atoms with Gasteiger partial charge in [0, 0.05) is 24.4 Å². The van der Waals surface area contributed by atoms with Gasteiger partial charge in [-0.2, -0.15) is 0 Å². The molecule has 0 bridgehead atoms. The Morgan fingerprint density at radius 1 is 0.796 bits per heavy atom. The van der Waals surface area contributed by atoms with Crippen molar-refractivity contribution in [2.75, 3.05) is 72.3 Å². The molecule has 0 unspecified atom stereocenters. The molecule has 3 aromatic rings. The summed E-state index contributed by atoms with van der Waals surface area (Å²) >= 11 is 0. The lowest BCUT2D eigenvalue weighted by Crippen LogP contribution is -2.34. The normalized spacial score (nSPS) is 11.6. The average Bonchev–Trinajstić information content (AvgIpc) is 3.42. The minimum absolute atomic E-state index is 0.172. The third-order valence-electron chi connectivity index (χ3n) is 6.91. The second-order valence-electron chi connectivity index (χ2n) is 13.0. The standard InChI is InChI=1S/C35H51N5O9/c1-24-31(38-39-40(24)29-23-27(43-8)10-11-30(29)44-9)32(41)37-26-20-25(34(2,3)4)21-28(22-26)48-19-18-47-17-16-46-15-14-45-13-12-36-33(42)49-35(5,6)7/h10-11,20-23H,12-19H2,1-9H3,(H,36,42)(H,37,41). The number of carbonyl (C=O) groups excluding carboxylic acids is 2. The molecule has 0 aliphatic carbocycles. The SMILES string of the molecule is COc1ccc(OC)c(-n2nnc(C(=O)Nc3cc(OCCOCCOCCOCCNC(=O)OC(C)(C)C)cc(C(C)(C)C)c3)c2C)c1. The number of amides is 2. The predicted octanol–water partition coefficient (Wildman–Crippen LogP) is 5.10. The Labute approximate surface area is 288 Å². The smallest absolute Gasteiger partial charge is 0.407 e. The van der Waals surface area contributed by atoms with Gasteiger partial charge in [0.05, 0.1) is 59.6 Å². The topological polar surface area (TPSA) is 154 Å². The molecular formula is C35H51N5O9. The molecule has 49 heavy (non-hydrogen) atoms. The lowest BCUT2D eigenvalue weighted by Gasteiger charge is -2.21. The van der Waals surface area contributed by atoms with Crippen LogP contribution < -0.4 is 24.8 Å². The van der Waals surface area contributed by atoms with Crippen LogP contribution in [0.4, 0.5) is 10.5 Å². The molecule has 3 rings (SSSR count). The summed E-state index contributed by atoms with van der Waals surface area (Å²) in [6.45, 7) is 16.4. The number of anilines is 1. The first-order valence-electron chi connectivity index (χ1n) is 16.2. The van der Waals surface area contributed by atoms with Crippen LogP contribution in [0.5, 0.6) is 17.2 Å². The van der Waals surface area contributed by atoms with E-state index in [2.05, 4.69) is 41.7 Å². The van der Waals surface area contributed by atoms with E-state index in [1.165, 1.54) is 0 Å². The molecule has 0 aliphatic rings.